The lowest BCUT2D eigenvalue weighted by Gasteiger charge is -2.71. The number of imidazole rings is 1. The summed E-state index contributed by atoms with van der Waals surface area (Å²) in [7, 11) is 0. The predicted molar refractivity (Wildman–Crippen MR) is 243 cm³/mol. The zero-order chi connectivity index (χ0) is 42.8. The third kappa shape index (κ3) is 5.39. The predicted octanol–water partition coefficient (Wildman–Crippen LogP) is 9.72. The van der Waals surface area contributed by atoms with Crippen molar-refractivity contribution in [3.63, 3.8) is 0 Å². The van der Waals surface area contributed by atoms with Gasteiger partial charge in [-0.1, -0.05) is 85.7 Å². The van der Waals surface area contributed by atoms with Crippen LogP contribution in [0.2, 0.25) is 0 Å². The van der Waals surface area contributed by atoms with E-state index in [4.69, 9.17) is 4.98 Å². The largest absolute Gasteiger partial charge is 0.507 e. The Morgan fingerprint density at radius 2 is 1.67 bits per heavy atom. The molecular weight excluding hydrogens is 787 g/mol. The van der Waals surface area contributed by atoms with Crippen molar-refractivity contribution in [3.8, 4) is 28.7 Å². The van der Waals surface area contributed by atoms with Gasteiger partial charge in [-0.25, -0.2) is 4.98 Å². The maximum atomic E-state index is 12.5. The lowest BCUT2D eigenvalue weighted by molar-refractivity contribution is -0.161. The minimum Gasteiger partial charge on any atom is -0.507 e. The first-order valence-electron chi connectivity index (χ1n) is 23.2. The number of rotatable bonds is 6. The lowest BCUT2D eigenvalue weighted by Crippen LogP contribution is -2.74. The molecule has 0 radical (unpaired) electrons. The third-order valence-electron chi connectivity index (χ3n) is 17.5. The molecule has 63 heavy (non-hydrogen) atoms. The summed E-state index contributed by atoms with van der Waals surface area (Å²) in [6.45, 7) is 0. The Bertz CT molecular complexity index is 2820. The first kappa shape index (κ1) is 38.9. The number of nitrogens with one attached hydrogen (secondary N) is 2. The number of phenols is 5. The van der Waals surface area contributed by atoms with E-state index < -0.39 is 6.10 Å². The van der Waals surface area contributed by atoms with Crippen LogP contribution >= 0.6 is 0 Å². The van der Waals surface area contributed by atoms with Crippen LogP contribution in [0.5, 0.6) is 28.7 Å². The summed E-state index contributed by atoms with van der Waals surface area (Å²) in [5.74, 6) is -0.189. The van der Waals surface area contributed by atoms with Gasteiger partial charge in [0.2, 0.25) is 0 Å². The van der Waals surface area contributed by atoms with E-state index in [1.165, 1.54) is 91.1 Å². The maximum Gasteiger partial charge on any atom is 0.169 e. The molecule has 12 rings (SSSR count). The Labute approximate surface area is 367 Å². The van der Waals surface area contributed by atoms with Gasteiger partial charge in [0.1, 0.15) is 5.75 Å². The van der Waals surface area contributed by atoms with Crippen LogP contribution in [0.25, 0.3) is 22.9 Å². The molecule has 4 aromatic carbocycles. The summed E-state index contributed by atoms with van der Waals surface area (Å²) in [6, 6.07) is 16.5. The van der Waals surface area contributed by atoms with Crippen molar-refractivity contribution in [2.24, 2.45) is 28.6 Å². The van der Waals surface area contributed by atoms with Crippen molar-refractivity contribution >= 4 is 22.9 Å². The van der Waals surface area contributed by atoms with Gasteiger partial charge >= 0.3 is 0 Å². The molecule has 1 aliphatic heterocycles. The number of benzene rings is 4. The van der Waals surface area contributed by atoms with E-state index >= 15 is 0 Å². The number of aromatic amines is 1. The number of aromatic nitrogens is 2. The van der Waals surface area contributed by atoms with Gasteiger partial charge in [-0.3, -0.25) is 5.32 Å². The minimum atomic E-state index is -0.527. The molecule has 3 saturated carbocycles. The average molecular weight is 842 g/mol. The van der Waals surface area contributed by atoms with E-state index in [9.17, 15) is 30.6 Å². The fourth-order valence-corrected chi connectivity index (χ4v) is 15.1. The molecule has 2 heterocycles. The van der Waals surface area contributed by atoms with Crippen molar-refractivity contribution in [2.75, 3.05) is 0 Å². The van der Waals surface area contributed by atoms with Crippen molar-refractivity contribution < 1.29 is 30.6 Å². The van der Waals surface area contributed by atoms with Crippen LogP contribution in [0.3, 0.4) is 0 Å². The van der Waals surface area contributed by atoms with E-state index in [1.807, 2.05) is 18.5 Å². The highest BCUT2D eigenvalue weighted by Gasteiger charge is 2.75. The van der Waals surface area contributed by atoms with Crippen LogP contribution in [0.4, 0.5) is 0 Å². The number of nitrogens with zero attached hydrogens (tertiary/aromatic N) is 1. The van der Waals surface area contributed by atoms with Crippen molar-refractivity contribution in [2.45, 2.75) is 101 Å². The number of allylic oxidation sites excluding steroid dienone is 2. The first-order chi connectivity index (χ1) is 30.6. The summed E-state index contributed by atoms with van der Waals surface area (Å²) >= 11 is 0. The summed E-state index contributed by atoms with van der Waals surface area (Å²) in [6.07, 6.45) is 29.2. The van der Waals surface area contributed by atoms with Gasteiger partial charge in [0, 0.05) is 34.8 Å². The second-order valence-corrected chi connectivity index (χ2v) is 19.9. The molecule has 9 heteroatoms. The van der Waals surface area contributed by atoms with Crippen LogP contribution in [0.15, 0.2) is 103 Å². The molecule has 2 spiro atoms. The lowest BCUT2D eigenvalue weighted by atomic mass is 9.34. The molecule has 8 N–H and O–H groups in total. The smallest absolute Gasteiger partial charge is 0.169 e. The standard InChI is InChI=1S/C54H55N3O6/c58-41-18-11-31(25-44(41)61)9-16-38-39-6-1-7-42(59)46(39)49(63)48(62)40(38)17-10-30-8-15-37-32(24-30)12-13-33-26-34-27-36-5-3-21-53(36)23-22-52-20-2-4-35(52)14-19-43(60)50(52)54(53,45-28-55-29-56-45)51(34)57-47(33)37/h1,6-9,11,14-16,18-19,24-29,35-36,43,47,50-51,57-63H,2-5,10,12-13,17,20-23H2,(H,55,56)/b16-9+/t35-,36+,43+,47-,50+,51+,52+,53-,54-/m0/s1. The number of aliphatic hydroxyl groups is 1. The van der Waals surface area contributed by atoms with Crippen LogP contribution in [-0.2, 0) is 24.7 Å². The van der Waals surface area contributed by atoms with Gasteiger partial charge in [0.15, 0.2) is 23.0 Å². The van der Waals surface area contributed by atoms with Crippen molar-refractivity contribution in [1.29, 1.82) is 0 Å². The van der Waals surface area contributed by atoms with E-state index in [0.717, 1.165) is 24.8 Å². The fraction of sp³-hybridized carbons (Fsp3) is 0.389. The molecule has 0 amide bonds. The topological polar surface area (TPSA) is 162 Å². The Hall–Kier alpha value is -5.77. The number of phenolic OH excluding ortho intramolecular Hbond substituents is 5. The number of H-pyrrole nitrogens is 1. The highest BCUT2D eigenvalue weighted by Crippen LogP contribution is 2.76. The molecule has 6 aliphatic carbocycles. The second kappa shape index (κ2) is 14.1. The zero-order valence-corrected chi connectivity index (χ0v) is 35.4. The molecule has 0 bridgehead atoms. The van der Waals surface area contributed by atoms with Crippen LogP contribution in [0, 0.1) is 28.6 Å². The van der Waals surface area contributed by atoms with Crippen LogP contribution < -0.4 is 5.32 Å². The average Bonchev–Trinajstić information content (AvgIpc) is 4.07. The SMILES string of the molecule is Oc1ccc(/C=C/c2c(CCc3ccc4c(c3)CCC3=CC5=C[C@H]6CCC[C@]67CC[C@]68CCC[C@H]6C=C[C@@H](O)[C@H]8[C@@]7(c6cnc[nH]6)[C@@H]5N[C@@H]34)c(O)c(O)c3c(O)cccc23)cc1O. The number of hydrogen-bond acceptors (Lipinski definition) is 8. The van der Waals surface area contributed by atoms with E-state index in [-0.39, 0.29) is 68.4 Å². The Kier molecular flexibility index (Phi) is 8.71. The van der Waals surface area contributed by atoms with Crippen molar-refractivity contribution in [3.05, 3.63) is 142 Å². The van der Waals surface area contributed by atoms with Gasteiger partial charge in [0.05, 0.1) is 23.9 Å². The molecule has 0 saturated heterocycles. The highest BCUT2D eigenvalue weighted by molar-refractivity contribution is 6.03. The molecule has 0 unspecified atom stereocenters. The minimum absolute atomic E-state index is 0.0104. The zero-order valence-electron chi connectivity index (χ0n) is 35.4. The molecule has 322 valence electrons. The Morgan fingerprint density at radius 3 is 2.52 bits per heavy atom. The Balaban J connectivity index is 0.909. The van der Waals surface area contributed by atoms with E-state index in [1.54, 1.807) is 18.2 Å². The van der Waals surface area contributed by atoms with Crippen LogP contribution in [0.1, 0.15) is 103 Å². The van der Waals surface area contributed by atoms with E-state index in [2.05, 4.69) is 59.0 Å². The number of aromatic hydroxyl groups is 5. The first-order valence-corrected chi connectivity index (χ1v) is 23.2. The molecule has 9 nitrogen and oxygen atoms in total. The van der Waals surface area contributed by atoms with Gasteiger partial charge < -0.3 is 35.6 Å². The van der Waals surface area contributed by atoms with Gasteiger partial charge in [-0.05, 0) is 149 Å². The van der Waals surface area contributed by atoms with Gasteiger partial charge in [-0.15, -0.1) is 0 Å². The Morgan fingerprint density at radius 1 is 0.794 bits per heavy atom. The molecule has 7 aliphatic rings. The fourth-order valence-electron chi connectivity index (χ4n) is 15.1. The van der Waals surface area contributed by atoms with E-state index in [0.29, 0.717) is 46.8 Å². The number of aliphatic hydroxyl groups excluding tert-OH is 1. The molecule has 9 atom stereocenters. The highest BCUT2D eigenvalue weighted by atomic mass is 16.3. The molecule has 3 fully saturated rings. The quantitative estimate of drug-likeness (QED) is 0.0476. The third-order valence-corrected chi connectivity index (χ3v) is 17.5. The number of aryl methyl sites for hydroxylation is 2. The normalized spacial score (nSPS) is 32.5. The summed E-state index contributed by atoms with van der Waals surface area (Å²) in [5.41, 5.74) is 9.31. The number of fused-ring (bicyclic) bond motifs is 7. The maximum absolute atomic E-state index is 12.5. The molecular formula is C54H55N3O6. The molecule has 1 aromatic heterocycles. The summed E-state index contributed by atoms with van der Waals surface area (Å²) in [5, 5.41) is 71.2. The summed E-state index contributed by atoms with van der Waals surface area (Å²) in [4.78, 5) is 8.46. The number of hydrogen-bond donors (Lipinski definition) is 8. The van der Waals surface area contributed by atoms with Crippen LogP contribution in [-0.4, -0.2) is 52.8 Å². The van der Waals surface area contributed by atoms with Gasteiger partial charge in [-0.2, -0.15) is 0 Å². The second-order valence-electron chi connectivity index (χ2n) is 19.9. The van der Waals surface area contributed by atoms with Gasteiger partial charge in [0.25, 0.3) is 0 Å². The monoisotopic (exact) mass is 841 g/mol. The molecule has 5 aromatic rings. The summed E-state index contributed by atoms with van der Waals surface area (Å²) < 4.78 is 0. The van der Waals surface area contributed by atoms with Crippen molar-refractivity contribution in [1.82, 2.24) is 15.3 Å².